The van der Waals surface area contributed by atoms with Gasteiger partial charge in [0.2, 0.25) is 0 Å². The first-order valence-corrected chi connectivity index (χ1v) is 6.63. The van der Waals surface area contributed by atoms with E-state index in [1.807, 2.05) is 60.7 Å². The molecule has 0 heterocycles. The summed E-state index contributed by atoms with van der Waals surface area (Å²) in [5.74, 6) is -0.263. The molecule has 0 spiro atoms. The van der Waals surface area contributed by atoms with Gasteiger partial charge in [-0.1, -0.05) is 60.7 Å². The molecule has 0 saturated heterocycles. The molecule has 2 aromatic carbocycles. The zero-order valence-electron chi connectivity index (χ0n) is 11.1. The molecule has 2 heteroatoms. The molecule has 0 aliphatic carbocycles. The minimum atomic E-state index is -0.593. The molecule has 0 bridgehead atoms. The van der Waals surface area contributed by atoms with Crippen molar-refractivity contribution in [3.05, 3.63) is 71.8 Å². The van der Waals surface area contributed by atoms with E-state index in [0.29, 0.717) is 6.42 Å². The molecule has 0 radical (unpaired) electrons. The molecule has 2 nitrogen and oxygen atoms in total. The summed E-state index contributed by atoms with van der Waals surface area (Å²) < 4.78 is 0. The summed E-state index contributed by atoms with van der Waals surface area (Å²) in [5, 5.41) is 20.4. The second-order valence-corrected chi connectivity index (χ2v) is 4.93. The van der Waals surface area contributed by atoms with Gasteiger partial charge in [-0.05, 0) is 24.5 Å². The Kier molecular flexibility index (Phi) is 4.72. The van der Waals surface area contributed by atoms with E-state index < -0.39 is 12.2 Å². The Balaban J connectivity index is 2.16. The van der Waals surface area contributed by atoms with Crippen molar-refractivity contribution in [2.45, 2.75) is 31.5 Å². The molecule has 3 atom stereocenters. The Bertz CT molecular complexity index is 479. The zero-order valence-corrected chi connectivity index (χ0v) is 11.1. The van der Waals surface area contributed by atoms with Gasteiger partial charge in [-0.3, -0.25) is 0 Å². The van der Waals surface area contributed by atoms with E-state index >= 15 is 0 Å². The third kappa shape index (κ3) is 3.66. The van der Waals surface area contributed by atoms with Crippen molar-refractivity contribution in [1.29, 1.82) is 0 Å². The van der Waals surface area contributed by atoms with Gasteiger partial charge in [0.05, 0.1) is 12.2 Å². The van der Waals surface area contributed by atoms with E-state index in [4.69, 9.17) is 0 Å². The van der Waals surface area contributed by atoms with Gasteiger partial charge in [0.25, 0.3) is 0 Å². The lowest BCUT2D eigenvalue weighted by atomic mass is 9.86. The average Bonchev–Trinajstić information content (AvgIpc) is 2.40. The quantitative estimate of drug-likeness (QED) is 0.863. The van der Waals surface area contributed by atoms with Crippen LogP contribution >= 0.6 is 0 Å². The third-order valence-corrected chi connectivity index (χ3v) is 3.41. The molecule has 0 saturated carbocycles. The Morgan fingerprint density at radius 2 is 1.37 bits per heavy atom. The van der Waals surface area contributed by atoms with Crippen LogP contribution in [-0.4, -0.2) is 22.4 Å². The number of rotatable bonds is 5. The number of aliphatic hydroxyl groups is 2. The lowest BCUT2D eigenvalue weighted by molar-refractivity contribution is 0.0626. The third-order valence-electron chi connectivity index (χ3n) is 3.41. The average molecular weight is 256 g/mol. The fraction of sp³-hybridized carbons (Fsp3) is 0.294. The molecule has 3 unspecified atom stereocenters. The fourth-order valence-corrected chi connectivity index (χ4v) is 2.48. The maximum Gasteiger partial charge on any atom is 0.0673 e. The van der Waals surface area contributed by atoms with Crippen molar-refractivity contribution >= 4 is 0 Å². The van der Waals surface area contributed by atoms with Gasteiger partial charge in [-0.25, -0.2) is 0 Å². The molecule has 2 aromatic rings. The van der Waals surface area contributed by atoms with Crippen LogP contribution in [0.1, 0.15) is 24.0 Å². The van der Waals surface area contributed by atoms with Crippen molar-refractivity contribution in [1.82, 2.24) is 0 Å². The summed E-state index contributed by atoms with van der Waals surface area (Å²) in [6.45, 7) is 1.73. The second kappa shape index (κ2) is 6.50. The highest BCUT2D eigenvalue weighted by atomic mass is 16.3. The van der Waals surface area contributed by atoms with E-state index in [1.165, 1.54) is 0 Å². The highest BCUT2D eigenvalue weighted by molar-refractivity contribution is 5.24. The van der Waals surface area contributed by atoms with Crippen LogP contribution in [0.3, 0.4) is 0 Å². The maximum atomic E-state index is 10.4. The standard InChI is InChI=1S/C17H20O2/c1-13(18)17(15-10-6-3-7-11-15)16(19)12-14-8-4-2-5-9-14/h2-11,13,16-19H,12H2,1H3. The Morgan fingerprint density at radius 3 is 1.89 bits per heavy atom. The molecule has 0 amide bonds. The monoisotopic (exact) mass is 256 g/mol. The number of hydrogen-bond acceptors (Lipinski definition) is 2. The molecular formula is C17H20O2. The van der Waals surface area contributed by atoms with Crippen molar-refractivity contribution < 1.29 is 10.2 Å². The second-order valence-electron chi connectivity index (χ2n) is 4.93. The lowest BCUT2D eigenvalue weighted by Crippen LogP contribution is -2.29. The predicted molar refractivity (Wildman–Crippen MR) is 77.0 cm³/mol. The zero-order chi connectivity index (χ0) is 13.7. The van der Waals surface area contributed by atoms with Crippen molar-refractivity contribution in [2.75, 3.05) is 0 Å². The SMILES string of the molecule is CC(O)C(c1ccccc1)C(O)Cc1ccccc1. The predicted octanol–water partition coefficient (Wildman–Crippen LogP) is 2.75. The minimum Gasteiger partial charge on any atom is -0.393 e. The number of aliphatic hydroxyl groups excluding tert-OH is 2. The van der Waals surface area contributed by atoms with Crippen LogP contribution in [0.4, 0.5) is 0 Å². The van der Waals surface area contributed by atoms with Crippen LogP contribution in [0.15, 0.2) is 60.7 Å². The normalized spacial score (nSPS) is 15.7. The van der Waals surface area contributed by atoms with Gasteiger partial charge in [-0.15, -0.1) is 0 Å². The molecule has 0 aromatic heterocycles. The Labute approximate surface area is 114 Å². The Morgan fingerprint density at radius 1 is 0.842 bits per heavy atom. The smallest absolute Gasteiger partial charge is 0.0673 e. The van der Waals surface area contributed by atoms with Crippen LogP contribution in [0.2, 0.25) is 0 Å². The van der Waals surface area contributed by atoms with Crippen LogP contribution in [-0.2, 0) is 6.42 Å². The molecule has 100 valence electrons. The Hall–Kier alpha value is -1.64. The van der Waals surface area contributed by atoms with Crippen LogP contribution in [0.25, 0.3) is 0 Å². The van der Waals surface area contributed by atoms with Crippen molar-refractivity contribution in [3.8, 4) is 0 Å². The van der Waals surface area contributed by atoms with Crippen LogP contribution in [0, 0.1) is 0 Å². The fourth-order valence-electron chi connectivity index (χ4n) is 2.48. The molecule has 0 fully saturated rings. The summed E-state index contributed by atoms with van der Waals surface area (Å²) in [6, 6.07) is 19.6. The van der Waals surface area contributed by atoms with E-state index in [-0.39, 0.29) is 5.92 Å². The number of benzene rings is 2. The van der Waals surface area contributed by atoms with E-state index in [1.54, 1.807) is 6.92 Å². The van der Waals surface area contributed by atoms with Gasteiger partial charge < -0.3 is 10.2 Å². The maximum absolute atomic E-state index is 10.4. The minimum absolute atomic E-state index is 0.263. The summed E-state index contributed by atoms with van der Waals surface area (Å²) in [5.41, 5.74) is 2.05. The highest BCUT2D eigenvalue weighted by Crippen LogP contribution is 2.25. The first-order valence-electron chi connectivity index (χ1n) is 6.63. The highest BCUT2D eigenvalue weighted by Gasteiger charge is 2.25. The molecule has 19 heavy (non-hydrogen) atoms. The van der Waals surface area contributed by atoms with Crippen LogP contribution in [0.5, 0.6) is 0 Å². The van der Waals surface area contributed by atoms with Crippen molar-refractivity contribution in [3.63, 3.8) is 0 Å². The summed E-state index contributed by atoms with van der Waals surface area (Å²) in [6.07, 6.45) is -0.628. The molecule has 0 aliphatic heterocycles. The summed E-state index contributed by atoms with van der Waals surface area (Å²) in [7, 11) is 0. The lowest BCUT2D eigenvalue weighted by Gasteiger charge is -2.26. The van der Waals surface area contributed by atoms with Gasteiger partial charge in [0.1, 0.15) is 0 Å². The van der Waals surface area contributed by atoms with E-state index in [9.17, 15) is 10.2 Å². The van der Waals surface area contributed by atoms with Gasteiger partial charge in [-0.2, -0.15) is 0 Å². The largest absolute Gasteiger partial charge is 0.393 e. The summed E-state index contributed by atoms with van der Waals surface area (Å²) >= 11 is 0. The van der Waals surface area contributed by atoms with Gasteiger partial charge in [0.15, 0.2) is 0 Å². The van der Waals surface area contributed by atoms with Gasteiger partial charge in [0, 0.05) is 5.92 Å². The molecule has 2 N–H and O–H groups in total. The van der Waals surface area contributed by atoms with E-state index in [2.05, 4.69) is 0 Å². The molecular weight excluding hydrogens is 236 g/mol. The van der Waals surface area contributed by atoms with Crippen LogP contribution < -0.4 is 0 Å². The van der Waals surface area contributed by atoms with E-state index in [0.717, 1.165) is 11.1 Å². The first kappa shape index (κ1) is 13.8. The number of hydrogen-bond donors (Lipinski definition) is 2. The molecule has 0 aliphatic rings. The topological polar surface area (TPSA) is 40.5 Å². The van der Waals surface area contributed by atoms with Crippen molar-refractivity contribution in [2.24, 2.45) is 0 Å². The molecule has 2 rings (SSSR count). The first-order chi connectivity index (χ1) is 9.18. The van der Waals surface area contributed by atoms with Gasteiger partial charge >= 0.3 is 0 Å². The summed E-state index contributed by atoms with van der Waals surface area (Å²) in [4.78, 5) is 0.